The molecular weight excluding hydrogens is 392 g/mol. The molecule has 0 unspecified atom stereocenters. The summed E-state index contributed by atoms with van der Waals surface area (Å²) in [5, 5.41) is 3.99. The van der Waals surface area contributed by atoms with Crippen LogP contribution in [0.4, 0.5) is 5.82 Å². The summed E-state index contributed by atoms with van der Waals surface area (Å²) in [5.41, 5.74) is 1.96. The zero-order valence-corrected chi connectivity index (χ0v) is 18.0. The molecule has 1 aliphatic rings. The number of hydrogen-bond donors (Lipinski definition) is 1. The van der Waals surface area contributed by atoms with Crippen molar-refractivity contribution >= 4 is 28.5 Å². The van der Waals surface area contributed by atoms with Crippen molar-refractivity contribution in [2.24, 2.45) is 0 Å². The van der Waals surface area contributed by atoms with Crippen molar-refractivity contribution in [1.82, 2.24) is 24.8 Å². The van der Waals surface area contributed by atoms with Crippen molar-refractivity contribution in [3.8, 4) is 0 Å². The van der Waals surface area contributed by atoms with E-state index in [-0.39, 0.29) is 17.9 Å². The Morgan fingerprint density at radius 2 is 2.03 bits per heavy atom. The number of aromatic nitrogens is 3. The molecule has 1 saturated heterocycles. The average molecular weight is 419 g/mol. The van der Waals surface area contributed by atoms with Gasteiger partial charge in [-0.25, -0.2) is 9.97 Å². The summed E-state index contributed by atoms with van der Waals surface area (Å²) >= 11 is 0. The van der Waals surface area contributed by atoms with Crippen LogP contribution in [0.2, 0.25) is 0 Å². The molecule has 1 fully saturated rings. The maximum Gasteiger partial charge on any atom is 0.256 e. The highest BCUT2D eigenvalue weighted by Crippen LogP contribution is 2.30. The van der Waals surface area contributed by atoms with Crippen LogP contribution in [-0.2, 0) is 11.3 Å². The molecule has 8 heteroatoms. The molecule has 3 heterocycles. The van der Waals surface area contributed by atoms with Crippen LogP contribution in [0.15, 0.2) is 42.6 Å². The van der Waals surface area contributed by atoms with E-state index in [1.807, 2.05) is 35.2 Å². The van der Waals surface area contributed by atoms with Crippen molar-refractivity contribution in [3.63, 3.8) is 0 Å². The summed E-state index contributed by atoms with van der Waals surface area (Å²) in [4.78, 5) is 42.3. The summed E-state index contributed by atoms with van der Waals surface area (Å²) in [6.45, 7) is 2.61. The fourth-order valence-electron chi connectivity index (χ4n) is 4.09. The van der Waals surface area contributed by atoms with Gasteiger partial charge < -0.3 is 15.1 Å². The van der Waals surface area contributed by atoms with Crippen molar-refractivity contribution in [1.29, 1.82) is 0 Å². The van der Waals surface area contributed by atoms with Gasteiger partial charge in [-0.3, -0.25) is 14.6 Å². The van der Waals surface area contributed by atoms with Gasteiger partial charge >= 0.3 is 0 Å². The molecule has 160 valence electrons. The van der Waals surface area contributed by atoms with Gasteiger partial charge in [0.25, 0.3) is 5.91 Å². The molecule has 0 bridgehead atoms. The van der Waals surface area contributed by atoms with E-state index in [0.29, 0.717) is 35.0 Å². The van der Waals surface area contributed by atoms with E-state index >= 15 is 0 Å². The predicted octanol–water partition coefficient (Wildman–Crippen LogP) is 3.02. The number of carbonyl (C=O) groups excluding carboxylic acids is 2. The molecule has 1 N–H and O–H groups in total. The Labute approximate surface area is 181 Å². The highest BCUT2D eigenvalue weighted by atomic mass is 16.2. The fourth-order valence-corrected chi connectivity index (χ4v) is 4.09. The second-order valence-corrected chi connectivity index (χ2v) is 7.77. The molecule has 1 aliphatic heterocycles. The summed E-state index contributed by atoms with van der Waals surface area (Å²) in [7, 11) is 3.55. The molecule has 0 saturated carbocycles. The lowest BCUT2D eigenvalue weighted by Crippen LogP contribution is -2.30. The molecule has 31 heavy (non-hydrogen) atoms. The second kappa shape index (κ2) is 8.67. The van der Waals surface area contributed by atoms with Crippen LogP contribution in [0, 0.1) is 0 Å². The Balaban J connectivity index is 1.61. The number of fused-ring (bicyclic) bond motifs is 1. The van der Waals surface area contributed by atoms with Crippen LogP contribution in [0.1, 0.15) is 47.7 Å². The van der Waals surface area contributed by atoms with Gasteiger partial charge in [-0.15, -0.1) is 0 Å². The van der Waals surface area contributed by atoms with Gasteiger partial charge in [0.15, 0.2) is 5.82 Å². The van der Waals surface area contributed by atoms with Crippen LogP contribution in [0.25, 0.3) is 10.9 Å². The molecule has 0 radical (unpaired) electrons. The van der Waals surface area contributed by atoms with E-state index in [0.717, 1.165) is 24.8 Å². The number of amides is 2. The first-order valence-electron chi connectivity index (χ1n) is 10.4. The molecule has 2 aromatic heterocycles. The number of likely N-dealkylation sites (tertiary alicyclic amines) is 1. The van der Waals surface area contributed by atoms with Crippen LogP contribution in [-0.4, -0.2) is 57.2 Å². The number of benzene rings is 1. The van der Waals surface area contributed by atoms with Crippen molar-refractivity contribution in [3.05, 3.63) is 59.7 Å². The molecule has 0 aliphatic carbocycles. The maximum absolute atomic E-state index is 13.2. The van der Waals surface area contributed by atoms with E-state index in [9.17, 15) is 9.59 Å². The SMILES string of the molecule is CNc1cc(CN(C)C(=O)c2cccc3cccnc23)nc([C@@H]2CCCN2C(C)=O)n1. The van der Waals surface area contributed by atoms with E-state index in [2.05, 4.69) is 15.3 Å². The predicted molar refractivity (Wildman–Crippen MR) is 118 cm³/mol. The highest BCUT2D eigenvalue weighted by Gasteiger charge is 2.30. The second-order valence-electron chi connectivity index (χ2n) is 7.77. The molecule has 4 rings (SSSR count). The van der Waals surface area contributed by atoms with Gasteiger partial charge in [-0.2, -0.15) is 0 Å². The largest absolute Gasteiger partial charge is 0.373 e. The van der Waals surface area contributed by atoms with Gasteiger partial charge in [0.1, 0.15) is 5.82 Å². The Kier molecular flexibility index (Phi) is 5.79. The van der Waals surface area contributed by atoms with E-state index in [4.69, 9.17) is 4.98 Å². The first-order valence-corrected chi connectivity index (χ1v) is 10.4. The third-order valence-corrected chi connectivity index (χ3v) is 5.62. The highest BCUT2D eigenvalue weighted by molar-refractivity contribution is 6.05. The molecule has 1 atom stereocenters. The summed E-state index contributed by atoms with van der Waals surface area (Å²) in [6, 6.07) is 11.1. The van der Waals surface area contributed by atoms with Gasteiger partial charge in [0.05, 0.1) is 29.4 Å². The molecule has 8 nitrogen and oxygen atoms in total. The average Bonchev–Trinajstić information content (AvgIpc) is 3.28. The third-order valence-electron chi connectivity index (χ3n) is 5.62. The Morgan fingerprint density at radius 1 is 1.23 bits per heavy atom. The number of hydrogen-bond acceptors (Lipinski definition) is 6. The molecular formula is C23H26N6O2. The first kappa shape index (κ1) is 20.7. The Hall–Kier alpha value is -3.55. The smallest absolute Gasteiger partial charge is 0.256 e. The number of nitrogens with zero attached hydrogens (tertiary/aromatic N) is 5. The van der Waals surface area contributed by atoms with E-state index < -0.39 is 0 Å². The van der Waals surface area contributed by atoms with Gasteiger partial charge in [0.2, 0.25) is 5.91 Å². The quantitative estimate of drug-likeness (QED) is 0.685. The number of nitrogens with one attached hydrogen (secondary N) is 1. The van der Waals surface area contributed by atoms with Gasteiger partial charge in [-0.1, -0.05) is 18.2 Å². The van der Waals surface area contributed by atoms with E-state index in [1.165, 1.54) is 0 Å². The van der Waals surface area contributed by atoms with Crippen LogP contribution < -0.4 is 5.32 Å². The van der Waals surface area contributed by atoms with E-state index in [1.54, 1.807) is 38.2 Å². The number of carbonyl (C=O) groups is 2. The number of pyridine rings is 1. The normalized spacial score (nSPS) is 15.8. The number of anilines is 1. The minimum atomic E-state index is -0.132. The molecule has 0 spiro atoms. The number of para-hydroxylation sites is 1. The summed E-state index contributed by atoms with van der Waals surface area (Å²) in [6.07, 6.45) is 3.46. The minimum Gasteiger partial charge on any atom is -0.373 e. The fraction of sp³-hybridized carbons (Fsp3) is 0.348. The molecule has 3 aromatic rings. The monoisotopic (exact) mass is 418 g/mol. The maximum atomic E-state index is 13.2. The van der Waals surface area contributed by atoms with Gasteiger partial charge in [-0.05, 0) is 25.0 Å². The lowest BCUT2D eigenvalue weighted by Gasteiger charge is -2.23. The molecule has 1 aromatic carbocycles. The van der Waals surface area contributed by atoms with Crippen LogP contribution >= 0.6 is 0 Å². The van der Waals surface area contributed by atoms with Gasteiger partial charge in [0, 0.05) is 45.2 Å². The lowest BCUT2D eigenvalue weighted by molar-refractivity contribution is -0.129. The van der Waals surface area contributed by atoms with Crippen LogP contribution in [0.5, 0.6) is 0 Å². The zero-order valence-electron chi connectivity index (χ0n) is 18.0. The minimum absolute atomic E-state index is 0.0262. The topological polar surface area (TPSA) is 91.3 Å². The number of rotatable bonds is 5. The standard InChI is InChI=1S/C23H26N6O2/c1-15(30)29-12-6-10-19(29)22-26-17(13-20(24-2)27-22)14-28(3)23(31)18-9-4-7-16-8-5-11-25-21(16)18/h4-5,7-9,11,13,19H,6,10,12,14H2,1-3H3,(H,24,26,27)/t19-/m0/s1. The summed E-state index contributed by atoms with van der Waals surface area (Å²) < 4.78 is 0. The van der Waals surface area contributed by atoms with Crippen LogP contribution in [0.3, 0.4) is 0 Å². The first-order chi connectivity index (χ1) is 15.0. The van der Waals surface area contributed by atoms with Crippen molar-refractivity contribution < 1.29 is 9.59 Å². The Morgan fingerprint density at radius 3 is 2.81 bits per heavy atom. The third kappa shape index (κ3) is 4.19. The zero-order chi connectivity index (χ0) is 22.0. The summed E-state index contributed by atoms with van der Waals surface area (Å²) in [5.74, 6) is 1.19. The molecule has 2 amide bonds. The van der Waals surface area contributed by atoms with Crippen molar-refractivity contribution in [2.75, 3.05) is 26.0 Å². The lowest BCUT2D eigenvalue weighted by atomic mass is 10.1. The van der Waals surface area contributed by atoms with Crippen molar-refractivity contribution in [2.45, 2.75) is 32.4 Å². The Bertz CT molecular complexity index is 1130.